The maximum Gasteiger partial charge on any atom is 0.246 e. The molecule has 6 nitrogen and oxygen atoms in total. The second kappa shape index (κ2) is 6.00. The van der Waals surface area contributed by atoms with Crippen molar-refractivity contribution in [2.75, 3.05) is 18.9 Å². The Morgan fingerprint density at radius 1 is 1.61 bits per heavy atom. The fraction of sp³-hybridized carbons (Fsp3) is 0.417. The number of nitrogens with zero attached hydrogens (tertiary/aromatic N) is 3. The Hall–Kier alpha value is -2.11. The molecule has 0 aromatic carbocycles. The lowest BCUT2D eigenvalue weighted by atomic mass is 10.3. The van der Waals surface area contributed by atoms with E-state index in [2.05, 4.69) is 17.0 Å². The molecule has 0 aliphatic carbocycles. The fourth-order valence-electron chi connectivity index (χ4n) is 1.63. The second-order valence-corrected chi connectivity index (χ2v) is 3.93. The Kier molecular flexibility index (Phi) is 4.65. The number of carbonyl (C=O) groups excluding carboxylic acids is 2. The molecule has 1 aromatic rings. The molecule has 1 aromatic heterocycles. The van der Waals surface area contributed by atoms with Gasteiger partial charge in [-0.25, -0.2) is 0 Å². The molecule has 0 atom stereocenters. The molecule has 0 saturated heterocycles. The van der Waals surface area contributed by atoms with Crippen molar-refractivity contribution in [3.05, 3.63) is 24.5 Å². The Labute approximate surface area is 106 Å². The minimum atomic E-state index is -0.285. The minimum Gasteiger partial charge on any atom is -0.333 e. The second-order valence-electron chi connectivity index (χ2n) is 3.93. The first-order valence-electron chi connectivity index (χ1n) is 5.67. The number of hydrogen-bond acceptors (Lipinski definition) is 3. The number of amides is 2. The Morgan fingerprint density at radius 2 is 2.28 bits per heavy atom. The van der Waals surface area contributed by atoms with Gasteiger partial charge in [-0.1, -0.05) is 13.5 Å². The molecular weight excluding hydrogens is 232 g/mol. The topological polar surface area (TPSA) is 67.2 Å². The van der Waals surface area contributed by atoms with Crippen LogP contribution in [-0.2, 0) is 23.1 Å². The van der Waals surface area contributed by atoms with Crippen LogP contribution in [0, 0.1) is 0 Å². The summed E-state index contributed by atoms with van der Waals surface area (Å²) in [4.78, 5) is 24.3. The van der Waals surface area contributed by atoms with Crippen LogP contribution in [0.1, 0.15) is 12.6 Å². The van der Waals surface area contributed by atoms with Gasteiger partial charge in [-0.15, -0.1) is 0 Å². The average molecular weight is 250 g/mol. The first-order chi connectivity index (χ1) is 8.49. The van der Waals surface area contributed by atoms with Gasteiger partial charge in [0.1, 0.15) is 0 Å². The van der Waals surface area contributed by atoms with Crippen molar-refractivity contribution < 1.29 is 9.59 Å². The molecule has 2 amide bonds. The summed E-state index contributed by atoms with van der Waals surface area (Å²) in [6.45, 7) is 5.34. The molecule has 98 valence electrons. The monoisotopic (exact) mass is 250 g/mol. The highest BCUT2D eigenvalue weighted by Gasteiger charge is 2.13. The summed E-state index contributed by atoms with van der Waals surface area (Å²) >= 11 is 0. The predicted octanol–water partition coefficient (Wildman–Crippen LogP) is 0.565. The minimum absolute atomic E-state index is 0.0110. The molecule has 6 heteroatoms. The van der Waals surface area contributed by atoms with E-state index in [1.807, 2.05) is 14.0 Å². The van der Waals surface area contributed by atoms with Crippen LogP contribution in [-0.4, -0.2) is 40.1 Å². The summed E-state index contributed by atoms with van der Waals surface area (Å²) in [5.74, 6) is -0.539. The number of aromatic nitrogens is 2. The van der Waals surface area contributed by atoms with Gasteiger partial charge in [-0.2, -0.15) is 5.10 Å². The lowest BCUT2D eigenvalue weighted by Gasteiger charge is -2.14. The Morgan fingerprint density at radius 3 is 2.83 bits per heavy atom. The highest BCUT2D eigenvalue weighted by molar-refractivity contribution is 5.96. The van der Waals surface area contributed by atoms with Crippen LogP contribution in [0.15, 0.2) is 18.9 Å². The molecule has 0 unspecified atom stereocenters. The van der Waals surface area contributed by atoms with E-state index in [1.54, 1.807) is 17.9 Å². The summed E-state index contributed by atoms with van der Waals surface area (Å²) < 4.78 is 1.72. The van der Waals surface area contributed by atoms with E-state index in [0.717, 1.165) is 12.1 Å². The number of carbonyl (C=O) groups is 2. The van der Waals surface area contributed by atoms with Crippen LogP contribution in [0.5, 0.6) is 0 Å². The van der Waals surface area contributed by atoms with E-state index in [1.165, 1.54) is 11.0 Å². The fourth-order valence-corrected chi connectivity index (χ4v) is 1.63. The number of aryl methyl sites for hydroxylation is 1. The van der Waals surface area contributed by atoms with Gasteiger partial charge in [0, 0.05) is 14.1 Å². The smallest absolute Gasteiger partial charge is 0.246 e. The van der Waals surface area contributed by atoms with E-state index in [9.17, 15) is 9.59 Å². The van der Waals surface area contributed by atoms with Gasteiger partial charge in [0.25, 0.3) is 0 Å². The molecule has 0 radical (unpaired) electrons. The summed E-state index contributed by atoms with van der Waals surface area (Å²) in [6, 6.07) is 0. The molecule has 0 saturated carbocycles. The third-order valence-electron chi connectivity index (χ3n) is 2.60. The van der Waals surface area contributed by atoms with E-state index >= 15 is 0 Å². The number of hydrogen-bond donors (Lipinski definition) is 1. The first kappa shape index (κ1) is 14.0. The van der Waals surface area contributed by atoms with Crippen LogP contribution < -0.4 is 5.32 Å². The third kappa shape index (κ3) is 3.19. The highest BCUT2D eigenvalue weighted by atomic mass is 16.2. The van der Waals surface area contributed by atoms with Crippen LogP contribution in [0.3, 0.4) is 0 Å². The van der Waals surface area contributed by atoms with Gasteiger partial charge in [0.15, 0.2) is 0 Å². The van der Waals surface area contributed by atoms with Gasteiger partial charge >= 0.3 is 0 Å². The zero-order chi connectivity index (χ0) is 13.7. The molecule has 0 aliphatic rings. The molecule has 0 aliphatic heterocycles. The van der Waals surface area contributed by atoms with E-state index in [4.69, 9.17) is 0 Å². The van der Waals surface area contributed by atoms with Crippen molar-refractivity contribution in [2.45, 2.75) is 13.3 Å². The lowest BCUT2D eigenvalue weighted by molar-refractivity contribution is -0.129. The number of likely N-dealkylation sites (N-methyl/N-ethyl adjacent to an activating group) is 1. The molecule has 0 bridgehead atoms. The molecule has 0 fully saturated rings. The van der Waals surface area contributed by atoms with Crippen molar-refractivity contribution in [2.24, 2.45) is 7.05 Å². The van der Waals surface area contributed by atoms with Gasteiger partial charge in [-0.05, 0) is 12.5 Å². The highest BCUT2D eigenvalue weighted by Crippen LogP contribution is 2.14. The van der Waals surface area contributed by atoms with Crippen molar-refractivity contribution in [1.82, 2.24) is 14.7 Å². The number of anilines is 1. The molecular formula is C12H18N4O2. The van der Waals surface area contributed by atoms with Crippen LogP contribution >= 0.6 is 0 Å². The van der Waals surface area contributed by atoms with Crippen LogP contribution in [0.2, 0.25) is 0 Å². The third-order valence-corrected chi connectivity index (χ3v) is 2.60. The maximum absolute atomic E-state index is 11.7. The molecule has 1 N–H and O–H groups in total. The van der Waals surface area contributed by atoms with Crippen LogP contribution in [0.25, 0.3) is 0 Å². The quantitative estimate of drug-likeness (QED) is 0.777. The Bertz CT molecular complexity index is 465. The number of nitrogens with one attached hydrogen (secondary N) is 1. The van der Waals surface area contributed by atoms with Crippen molar-refractivity contribution in [3.8, 4) is 0 Å². The standard InChI is InChI=1S/C12H18N4O2/c1-5-10-9(7-13-16(10)4)14-11(17)8-15(3)12(18)6-2/h6-7H,2,5,8H2,1,3-4H3,(H,14,17). The Balaban J connectivity index is 2.65. The molecule has 18 heavy (non-hydrogen) atoms. The van der Waals surface area contributed by atoms with Crippen molar-refractivity contribution in [1.29, 1.82) is 0 Å². The largest absolute Gasteiger partial charge is 0.333 e. The zero-order valence-corrected chi connectivity index (χ0v) is 10.9. The van der Waals surface area contributed by atoms with Crippen molar-refractivity contribution >= 4 is 17.5 Å². The van der Waals surface area contributed by atoms with Gasteiger partial charge in [0.2, 0.25) is 11.8 Å². The molecule has 0 spiro atoms. The van der Waals surface area contributed by atoms with Crippen LogP contribution in [0.4, 0.5) is 5.69 Å². The summed E-state index contributed by atoms with van der Waals surface area (Å²) in [7, 11) is 3.37. The van der Waals surface area contributed by atoms with Crippen molar-refractivity contribution in [3.63, 3.8) is 0 Å². The van der Waals surface area contributed by atoms with E-state index in [-0.39, 0.29) is 18.4 Å². The summed E-state index contributed by atoms with van der Waals surface area (Å²) in [6.07, 6.45) is 3.55. The predicted molar refractivity (Wildman–Crippen MR) is 69.0 cm³/mol. The summed E-state index contributed by atoms with van der Waals surface area (Å²) in [5.41, 5.74) is 1.63. The molecule has 1 rings (SSSR count). The maximum atomic E-state index is 11.7. The average Bonchev–Trinajstić information content (AvgIpc) is 2.68. The SMILES string of the molecule is C=CC(=O)N(C)CC(=O)Nc1cnn(C)c1CC. The zero-order valence-electron chi connectivity index (χ0n) is 10.9. The first-order valence-corrected chi connectivity index (χ1v) is 5.67. The molecule has 1 heterocycles. The number of rotatable bonds is 5. The lowest BCUT2D eigenvalue weighted by Crippen LogP contribution is -2.33. The summed E-state index contributed by atoms with van der Waals surface area (Å²) in [5, 5.41) is 6.82. The van der Waals surface area contributed by atoms with E-state index in [0.29, 0.717) is 5.69 Å². The van der Waals surface area contributed by atoms with Gasteiger partial charge in [0.05, 0.1) is 24.1 Å². The normalized spacial score (nSPS) is 9.94. The van der Waals surface area contributed by atoms with Gasteiger partial charge in [-0.3, -0.25) is 14.3 Å². The van der Waals surface area contributed by atoms with E-state index < -0.39 is 0 Å². The van der Waals surface area contributed by atoms with Gasteiger partial charge < -0.3 is 10.2 Å².